The second-order valence-electron chi connectivity index (χ2n) is 7.88. The Morgan fingerprint density at radius 3 is 2.79 bits per heavy atom. The van der Waals surface area contributed by atoms with E-state index in [-0.39, 0.29) is 17.7 Å². The topological polar surface area (TPSA) is 85.7 Å². The molecule has 1 aliphatic carbocycles. The SMILES string of the molecule is CN1CC(C2=CN(C3CC(NC(=O)c4cc(-c5ccccc5)no4)C3)NN2)C1. The van der Waals surface area contributed by atoms with Crippen molar-refractivity contribution in [3.63, 3.8) is 0 Å². The van der Waals surface area contributed by atoms with Crippen LogP contribution in [0.2, 0.25) is 0 Å². The van der Waals surface area contributed by atoms with Gasteiger partial charge in [0.25, 0.3) is 5.91 Å². The number of nitrogens with zero attached hydrogens (tertiary/aromatic N) is 3. The Morgan fingerprint density at radius 1 is 1.25 bits per heavy atom. The van der Waals surface area contributed by atoms with Crippen LogP contribution in [-0.4, -0.2) is 53.2 Å². The van der Waals surface area contributed by atoms with Gasteiger partial charge in [0.1, 0.15) is 5.69 Å². The Hall–Kier alpha value is -2.84. The van der Waals surface area contributed by atoms with Crippen molar-refractivity contribution in [2.45, 2.75) is 24.9 Å². The predicted molar refractivity (Wildman–Crippen MR) is 103 cm³/mol. The van der Waals surface area contributed by atoms with E-state index >= 15 is 0 Å². The van der Waals surface area contributed by atoms with Crippen LogP contribution in [0, 0.1) is 5.92 Å². The number of rotatable bonds is 5. The number of aromatic nitrogens is 1. The minimum absolute atomic E-state index is 0.150. The molecule has 1 aromatic heterocycles. The van der Waals surface area contributed by atoms with Gasteiger partial charge in [0.05, 0.1) is 11.7 Å². The first-order chi connectivity index (χ1) is 13.7. The van der Waals surface area contributed by atoms with Gasteiger partial charge < -0.3 is 20.2 Å². The maximum Gasteiger partial charge on any atom is 0.290 e. The van der Waals surface area contributed by atoms with Gasteiger partial charge >= 0.3 is 0 Å². The summed E-state index contributed by atoms with van der Waals surface area (Å²) < 4.78 is 5.24. The lowest BCUT2D eigenvalue weighted by Crippen LogP contribution is -2.56. The van der Waals surface area contributed by atoms with Gasteiger partial charge in [-0.1, -0.05) is 35.5 Å². The molecule has 3 aliphatic rings. The van der Waals surface area contributed by atoms with Gasteiger partial charge in [0.2, 0.25) is 5.76 Å². The second kappa shape index (κ2) is 6.96. The zero-order valence-electron chi connectivity index (χ0n) is 15.8. The van der Waals surface area contributed by atoms with Crippen LogP contribution in [0.1, 0.15) is 23.4 Å². The number of hydrazine groups is 2. The summed E-state index contributed by atoms with van der Waals surface area (Å²) in [5.74, 6) is 0.627. The molecule has 3 heterocycles. The molecule has 0 bridgehead atoms. The highest BCUT2D eigenvalue weighted by Crippen LogP contribution is 2.29. The molecule has 28 heavy (non-hydrogen) atoms. The highest BCUT2D eigenvalue weighted by Gasteiger charge is 2.38. The minimum atomic E-state index is -0.209. The molecule has 1 aromatic carbocycles. The van der Waals surface area contributed by atoms with E-state index in [1.165, 1.54) is 5.70 Å². The van der Waals surface area contributed by atoms with Crippen molar-refractivity contribution in [2.75, 3.05) is 20.1 Å². The summed E-state index contributed by atoms with van der Waals surface area (Å²) in [4.78, 5) is 14.7. The van der Waals surface area contributed by atoms with Gasteiger partial charge in [-0.05, 0) is 19.9 Å². The van der Waals surface area contributed by atoms with Gasteiger partial charge in [-0.2, -0.15) is 0 Å². The van der Waals surface area contributed by atoms with E-state index in [1.54, 1.807) is 6.07 Å². The fourth-order valence-corrected chi connectivity index (χ4v) is 3.96. The molecular formula is C20H24N6O2. The molecule has 8 heteroatoms. The molecule has 2 aromatic rings. The van der Waals surface area contributed by atoms with Crippen molar-refractivity contribution in [3.8, 4) is 11.3 Å². The lowest BCUT2D eigenvalue weighted by Gasteiger charge is -2.40. The maximum absolute atomic E-state index is 12.4. The molecule has 2 aliphatic heterocycles. The third-order valence-electron chi connectivity index (χ3n) is 5.76. The normalized spacial score (nSPS) is 24.9. The number of benzene rings is 1. The zero-order chi connectivity index (χ0) is 19.1. The predicted octanol–water partition coefficient (Wildman–Crippen LogP) is 1.33. The van der Waals surface area contributed by atoms with Crippen LogP contribution in [-0.2, 0) is 0 Å². The first-order valence-corrected chi connectivity index (χ1v) is 9.69. The molecule has 1 saturated heterocycles. The van der Waals surface area contributed by atoms with Gasteiger partial charge in [-0.25, -0.2) is 0 Å². The van der Waals surface area contributed by atoms with E-state index in [4.69, 9.17) is 4.52 Å². The Balaban J connectivity index is 1.12. The van der Waals surface area contributed by atoms with Crippen LogP contribution in [0.15, 0.2) is 52.8 Å². The summed E-state index contributed by atoms with van der Waals surface area (Å²) in [6.45, 7) is 2.19. The Kier molecular flexibility index (Phi) is 4.29. The standard InChI is InChI=1S/C20H24N6O2/c1-25-10-14(11-25)18-12-26(24-22-18)16-7-15(8-16)21-20(27)19-9-17(23-28-19)13-5-3-2-4-6-13/h2-6,9,12,14-16,22,24H,7-8,10-11H2,1H3,(H,21,27). The molecule has 3 N–H and O–H groups in total. The average molecular weight is 380 g/mol. The summed E-state index contributed by atoms with van der Waals surface area (Å²) in [5, 5.41) is 9.17. The number of carbonyl (C=O) groups excluding carboxylic acids is 1. The molecule has 2 fully saturated rings. The van der Waals surface area contributed by atoms with Gasteiger partial charge in [-0.15, -0.1) is 5.53 Å². The van der Waals surface area contributed by atoms with E-state index in [9.17, 15) is 4.79 Å². The van der Waals surface area contributed by atoms with Gasteiger partial charge in [0.15, 0.2) is 0 Å². The molecule has 146 valence electrons. The first-order valence-electron chi connectivity index (χ1n) is 9.69. The molecule has 5 rings (SSSR count). The summed E-state index contributed by atoms with van der Waals surface area (Å²) in [6, 6.07) is 11.9. The van der Waals surface area contributed by atoms with Crippen LogP contribution < -0.4 is 16.3 Å². The van der Waals surface area contributed by atoms with Crippen molar-refractivity contribution in [1.29, 1.82) is 0 Å². The number of hydrogen-bond donors (Lipinski definition) is 3. The summed E-state index contributed by atoms with van der Waals surface area (Å²) in [6.07, 6.45) is 3.96. The van der Waals surface area contributed by atoms with Crippen LogP contribution >= 0.6 is 0 Å². The number of nitrogens with one attached hydrogen (secondary N) is 3. The Bertz CT molecular complexity index is 883. The average Bonchev–Trinajstić information content (AvgIpc) is 3.32. The van der Waals surface area contributed by atoms with Gasteiger partial charge in [-0.3, -0.25) is 9.80 Å². The lowest BCUT2D eigenvalue weighted by atomic mass is 9.86. The molecule has 0 spiro atoms. The molecule has 0 radical (unpaired) electrons. The summed E-state index contributed by atoms with van der Waals surface area (Å²) in [7, 11) is 2.13. The molecule has 8 nitrogen and oxygen atoms in total. The van der Waals surface area contributed by atoms with Crippen LogP contribution in [0.3, 0.4) is 0 Å². The monoisotopic (exact) mass is 380 g/mol. The number of likely N-dealkylation sites (tertiary alicyclic amines) is 1. The molecule has 0 unspecified atom stereocenters. The van der Waals surface area contributed by atoms with Crippen LogP contribution in [0.25, 0.3) is 11.3 Å². The third kappa shape index (κ3) is 3.25. The van der Waals surface area contributed by atoms with Crippen molar-refractivity contribution in [2.24, 2.45) is 5.92 Å². The van der Waals surface area contributed by atoms with Crippen molar-refractivity contribution >= 4 is 5.91 Å². The number of amides is 1. The molecule has 0 atom stereocenters. The summed E-state index contributed by atoms with van der Waals surface area (Å²) >= 11 is 0. The zero-order valence-corrected chi connectivity index (χ0v) is 15.8. The van der Waals surface area contributed by atoms with E-state index in [0.29, 0.717) is 17.7 Å². The van der Waals surface area contributed by atoms with E-state index < -0.39 is 0 Å². The highest BCUT2D eigenvalue weighted by atomic mass is 16.5. The van der Waals surface area contributed by atoms with Crippen molar-refractivity contribution in [1.82, 2.24) is 31.3 Å². The first kappa shape index (κ1) is 17.3. The largest absolute Gasteiger partial charge is 0.350 e. The second-order valence-corrected chi connectivity index (χ2v) is 7.88. The quantitative estimate of drug-likeness (QED) is 0.722. The molecule has 1 amide bonds. The fourth-order valence-electron chi connectivity index (χ4n) is 3.96. The fraction of sp³-hybridized carbons (Fsp3) is 0.400. The Morgan fingerprint density at radius 2 is 2.04 bits per heavy atom. The molecular weight excluding hydrogens is 356 g/mol. The van der Waals surface area contributed by atoms with Crippen LogP contribution in [0.5, 0.6) is 0 Å². The Labute approximate surface area is 163 Å². The third-order valence-corrected chi connectivity index (χ3v) is 5.76. The van der Waals surface area contributed by atoms with Crippen molar-refractivity contribution in [3.05, 3.63) is 54.1 Å². The smallest absolute Gasteiger partial charge is 0.290 e. The van der Waals surface area contributed by atoms with E-state index in [2.05, 4.69) is 44.6 Å². The van der Waals surface area contributed by atoms with E-state index in [1.807, 2.05) is 30.3 Å². The maximum atomic E-state index is 12.4. The summed E-state index contributed by atoms with van der Waals surface area (Å²) in [5.41, 5.74) is 9.36. The van der Waals surface area contributed by atoms with Crippen molar-refractivity contribution < 1.29 is 9.32 Å². The number of hydrogen-bond acceptors (Lipinski definition) is 7. The van der Waals surface area contributed by atoms with E-state index in [0.717, 1.165) is 31.5 Å². The van der Waals surface area contributed by atoms with Gasteiger partial charge in [0, 0.05) is 42.9 Å². The van der Waals surface area contributed by atoms with Crippen LogP contribution in [0.4, 0.5) is 0 Å². The lowest BCUT2D eigenvalue weighted by molar-refractivity contribution is 0.0733. The number of carbonyl (C=O) groups is 1. The minimum Gasteiger partial charge on any atom is -0.350 e. The molecule has 1 saturated carbocycles. The highest BCUT2D eigenvalue weighted by molar-refractivity contribution is 5.92.